The lowest BCUT2D eigenvalue weighted by Gasteiger charge is -2.23. The molecule has 0 bridgehead atoms. The number of hydrogen-bond acceptors (Lipinski definition) is 2. The molecule has 0 aliphatic carbocycles. The summed E-state index contributed by atoms with van der Waals surface area (Å²) in [4.78, 5) is 12.1. The van der Waals surface area contributed by atoms with E-state index >= 15 is 0 Å². The average Bonchev–Trinajstić information content (AvgIpc) is 2.31. The first-order valence-corrected chi connectivity index (χ1v) is 5.55. The van der Waals surface area contributed by atoms with E-state index in [2.05, 4.69) is 11.2 Å². The predicted octanol–water partition coefficient (Wildman–Crippen LogP) is 1.26. The maximum atomic E-state index is 12.1. The molecule has 0 aromatic heterocycles. The zero-order valence-electron chi connectivity index (χ0n) is 10.2. The number of nitrogens with two attached hydrogens (primary N) is 1. The van der Waals surface area contributed by atoms with E-state index in [1.54, 1.807) is 13.8 Å². The molecule has 0 aliphatic heterocycles. The molecular formula is C14H18N2O. The Labute approximate surface area is 102 Å². The smallest absolute Gasteiger partial charge is 0.229 e. The summed E-state index contributed by atoms with van der Waals surface area (Å²) in [5.74, 6) is 2.03. The minimum absolute atomic E-state index is 0.137. The van der Waals surface area contributed by atoms with E-state index in [1.807, 2.05) is 30.3 Å². The summed E-state index contributed by atoms with van der Waals surface area (Å²) >= 11 is 0. The van der Waals surface area contributed by atoms with Gasteiger partial charge in [0.2, 0.25) is 5.91 Å². The molecule has 0 spiro atoms. The molecule has 90 valence electrons. The molecule has 0 saturated heterocycles. The van der Waals surface area contributed by atoms with Crippen molar-refractivity contribution in [1.29, 1.82) is 0 Å². The van der Waals surface area contributed by atoms with Crippen LogP contribution in [0.3, 0.4) is 0 Å². The number of carbonyl (C=O) groups excluding carboxylic acids is 1. The zero-order chi connectivity index (χ0) is 12.9. The molecule has 1 atom stereocenters. The minimum Gasteiger partial charge on any atom is -0.340 e. The molecule has 1 unspecified atom stereocenters. The normalized spacial score (nSPS) is 12.6. The SMILES string of the molecule is C#CC(C)(C)NC(=O)C(CN)c1ccccc1. The highest BCUT2D eigenvalue weighted by Crippen LogP contribution is 2.15. The molecule has 1 aromatic carbocycles. The third kappa shape index (κ3) is 3.61. The molecule has 3 nitrogen and oxygen atoms in total. The van der Waals surface area contributed by atoms with Crippen molar-refractivity contribution < 1.29 is 4.79 Å². The van der Waals surface area contributed by atoms with Crippen LogP contribution < -0.4 is 11.1 Å². The van der Waals surface area contributed by atoms with Crippen molar-refractivity contribution in [1.82, 2.24) is 5.32 Å². The second-order valence-corrected chi connectivity index (χ2v) is 4.46. The lowest BCUT2D eigenvalue weighted by molar-refractivity contribution is -0.123. The van der Waals surface area contributed by atoms with E-state index in [-0.39, 0.29) is 18.4 Å². The average molecular weight is 230 g/mol. The molecule has 1 aromatic rings. The summed E-state index contributed by atoms with van der Waals surface area (Å²) in [5, 5.41) is 2.80. The summed E-state index contributed by atoms with van der Waals surface area (Å²) in [7, 11) is 0. The Hall–Kier alpha value is -1.79. The first kappa shape index (κ1) is 13.3. The van der Waals surface area contributed by atoms with Gasteiger partial charge in [0.1, 0.15) is 0 Å². The molecule has 17 heavy (non-hydrogen) atoms. The molecule has 0 fully saturated rings. The Balaban J connectivity index is 2.83. The van der Waals surface area contributed by atoms with Gasteiger partial charge in [-0.05, 0) is 19.4 Å². The largest absolute Gasteiger partial charge is 0.340 e. The van der Waals surface area contributed by atoms with Crippen LogP contribution in [0.5, 0.6) is 0 Å². The molecule has 0 radical (unpaired) electrons. The van der Waals surface area contributed by atoms with Gasteiger partial charge in [-0.15, -0.1) is 6.42 Å². The van der Waals surface area contributed by atoms with Crippen molar-refractivity contribution in [3.05, 3.63) is 35.9 Å². The van der Waals surface area contributed by atoms with E-state index in [4.69, 9.17) is 12.2 Å². The fraction of sp³-hybridized carbons (Fsp3) is 0.357. The van der Waals surface area contributed by atoms with Gasteiger partial charge in [0.25, 0.3) is 0 Å². The van der Waals surface area contributed by atoms with Crippen molar-refractivity contribution in [3.63, 3.8) is 0 Å². The molecule has 0 aliphatic rings. The van der Waals surface area contributed by atoms with Crippen molar-refractivity contribution in [2.75, 3.05) is 6.54 Å². The maximum absolute atomic E-state index is 12.1. The minimum atomic E-state index is -0.653. The van der Waals surface area contributed by atoms with Crippen LogP contribution in [0.1, 0.15) is 25.3 Å². The molecule has 3 N–H and O–H groups in total. The second-order valence-electron chi connectivity index (χ2n) is 4.46. The van der Waals surface area contributed by atoms with Gasteiger partial charge in [-0.3, -0.25) is 4.79 Å². The number of benzene rings is 1. The van der Waals surface area contributed by atoms with E-state index in [0.29, 0.717) is 0 Å². The third-order valence-corrected chi connectivity index (χ3v) is 2.55. The van der Waals surface area contributed by atoms with Crippen LogP contribution in [0.15, 0.2) is 30.3 Å². The van der Waals surface area contributed by atoms with E-state index in [1.165, 1.54) is 0 Å². The van der Waals surface area contributed by atoms with Crippen LogP contribution in [0.2, 0.25) is 0 Å². The van der Waals surface area contributed by atoms with Gasteiger partial charge in [-0.1, -0.05) is 36.3 Å². The highest BCUT2D eigenvalue weighted by atomic mass is 16.2. The number of terminal acetylenes is 1. The van der Waals surface area contributed by atoms with Crippen LogP contribution in [-0.4, -0.2) is 18.0 Å². The Morgan fingerprint density at radius 3 is 2.53 bits per heavy atom. The van der Waals surface area contributed by atoms with Crippen LogP contribution >= 0.6 is 0 Å². The number of hydrogen-bond donors (Lipinski definition) is 2. The summed E-state index contributed by atoms with van der Waals surface area (Å²) in [6, 6.07) is 9.45. The molecule has 1 rings (SSSR count). The van der Waals surface area contributed by atoms with Gasteiger partial charge >= 0.3 is 0 Å². The quantitative estimate of drug-likeness (QED) is 0.765. The van der Waals surface area contributed by atoms with E-state index in [0.717, 1.165) is 5.56 Å². The highest BCUT2D eigenvalue weighted by Gasteiger charge is 2.24. The second kappa shape index (κ2) is 5.51. The monoisotopic (exact) mass is 230 g/mol. The number of amides is 1. The van der Waals surface area contributed by atoms with Gasteiger partial charge < -0.3 is 11.1 Å². The third-order valence-electron chi connectivity index (χ3n) is 2.55. The van der Waals surface area contributed by atoms with Crippen LogP contribution in [-0.2, 0) is 4.79 Å². The fourth-order valence-electron chi connectivity index (χ4n) is 1.51. The summed E-state index contributed by atoms with van der Waals surface area (Å²) in [6.07, 6.45) is 5.34. The Morgan fingerprint density at radius 2 is 2.06 bits per heavy atom. The lowest BCUT2D eigenvalue weighted by atomic mass is 9.96. The van der Waals surface area contributed by atoms with Crippen LogP contribution in [0.4, 0.5) is 0 Å². The van der Waals surface area contributed by atoms with Gasteiger partial charge in [0.15, 0.2) is 0 Å². The van der Waals surface area contributed by atoms with Gasteiger partial charge in [-0.2, -0.15) is 0 Å². The summed E-state index contributed by atoms with van der Waals surface area (Å²) in [5.41, 5.74) is 5.90. The number of rotatable bonds is 4. The molecular weight excluding hydrogens is 212 g/mol. The first-order valence-electron chi connectivity index (χ1n) is 5.55. The number of carbonyl (C=O) groups is 1. The Kier molecular flexibility index (Phi) is 4.30. The van der Waals surface area contributed by atoms with Crippen molar-refractivity contribution >= 4 is 5.91 Å². The molecule has 3 heteroatoms. The molecule has 1 amide bonds. The molecule has 0 saturated carbocycles. The highest BCUT2D eigenvalue weighted by molar-refractivity contribution is 5.84. The van der Waals surface area contributed by atoms with Crippen molar-refractivity contribution in [3.8, 4) is 12.3 Å². The van der Waals surface area contributed by atoms with Crippen LogP contribution in [0, 0.1) is 12.3 Å². The Morgan fingerprint density at radius 1 is 1.47 bits per heavy atom. The summed E-state index contributed by atoms with van der Waals surface area (Å²) < 4.78 is 0. The van der Waals surface area contributed by atoms with Crippen molar-refractivity contribution in [2.45, 2.75) is 25.3 Å². The molecule has 0 heterocycles. The topological polar surface area (TPSA) is 55.1 Å². The van der Waals surface area contributed by atoms with E-state index in [9.17, 15) is 4.79 Å². The standard InChI is InChI=1S/C14H18N2O/c1-4-14(2,3)16-13(17)12(10-15)11-8-6-5-7-9-11/h1,5-9,12H,10,15H2,2-3H3,(H,16,17). The fourth-order valence-corrected chi connectivity index (χ4v) is 1.51. The summed E-state index contributed by atoms with van der Waals surface area (Å²) in [6.45, 7) is 3.82. The lowest BCUT2D eigenvalue weighted by Crippen LogP contribution is -2.45. The first-order chi connectivity index (χ1) is 8.00. The van der Waals surface area contributed by atoms with E-state index < -0.39 is 5.54 Å². The Bertz CT molecular complexity index is 418. The zero-order valence-corrected chi connectivity index (χ0v) is 10.2. The van der Waals surface area contributed by atoms with Crippen molar-refractivity contribution in [2.24, 2.45) is 5.73 Å². The van der Waals surface area contributed by atoms with Crippen LogP contribution in [0.25, 0.3) is 0 Å². The van der Waals surface area contributed by atoms with Gasteiger partial charge in [0.05, 0.1) is 11.5 Å². The maximum Gasteiger partial charge on any atom is 0.229 e. The predicted molar refractivity (Wildman–Crippen MR) is 69.3 cm³/mol. The number of nitrogens with one attached hydrogen (secondary N) is 1. The van der Waals surface area contributed by atoms with Gasteiger partial charge in [0, 0.05) is 6.54 Å². The van der Waals surface area contributed by atoms with Gasteiger partial charge in [-0.25, -0.2) is 0 Å².